The molecule has 0 saturated heterocycles. The molecular weight excluding hydrogens is 281 g/mol. The molecule has 0 fully saturated rings. The molecule has 1 heterocycles. The van der Waals surface area contributed by atoms with Gasteiger partial charge in [0.2, 0.25) is 0 Å². The number of pyridine rings is 1. The Hall–Kier alpha value is -1.98. The van der Waals surface area contributed by atoms with Crippen molar-refractivity contribution in [1.29, 1.82) is 0 Å². The highest BCUT2D eigenvalue weighted by molar-refractivity contribution is 5.95. The number of anilines is 1. The normalized spacial score (nSPS) is 11.7. The van der Waals surface area contributed by atoms with E-state index in [0.29, 0.717) is 30.0 Å². The second-order valence-electron chi connectivity index (χ2n) is 4.56. The first-order valence-corrected chi connectivity index (χ1v) is 6.85. The minimum atomic E-state index is -4.49. The van der Waals surface area contributed by atoms with E-state index < -0.39 is 11.9 Å². The number of hydrogen-bond donors (Lipinski definition) is 1. The van der Waals surface area contributed by atoms with Gasteiger partial charge in [-0.15, -0.1) is 0 Å². The molecule has 21 heavy (non-hydrogen) atoms. The summed E-state index contributed by atoms with van der Waals surface area (Å²) in [5.41, 5.74) is -0.260. The maximum absolute atomic E-state index is 13.0. The second kappa shape index (κ2) is 6.20. The summed E-state index contributed by atoms with van der Waals surface area (Å²) in [6.07, 6.45) is -3.67. The molecule has 0 saturated carbocycles. The van der Waals surface area contributed by atoms with E-state index in [9.17, 15) is 13.2 Å². The maximum Gasteiger partial charge on any atom is 0.433 e. The average molecular weight is 298 g/mol. The summed E-state index contributed by atoms with van der Waals surface area (Å²) in [6.45, 7) is 4.69. The molecule has 1 aromatic carbocycles. The smallest absolute Gasteiger partial charge is 0.433 e. The lowest BCUT2D eigenvalue weighted by Crippen LogP contribution is -2.11. The highest BCUT2D eigenvalue weighted by atomic mass is 19.4. The van der Waals surface area contributed by atoms with E-state index in [1.807, 2.05) is 6.92 Å². The molecule has 0 amide bonds. The summed E-state index contributed by atoms with van der Waals surface area (Å²) < 4.78 is 44.4. The number of nitrogens with one attached hydrogen (secondary N) is 1. The maximum atomic E-state index is 13.0. The van der Waals surface area contributed by atoms with Gasteiger partial charge in [-0.3, -0.25) is 0 Å². The molecule has 0 aliphatic rings. The highest BCUT2D eigenvalue weighted by Gasteiger charge is 2.33. The van der Waals surface area contributed by atoms with Gasteiger partial charge in [-0.2, -0.15) is 13.2 Å². The lowest BCUT2D eigenvalue weighted by atomic mass is 10.1. The van der Waals surface area contributed by atoms with Crippen LogP contribution in [0.15, 0.2) is 24.3 Å². The van der Waals surface area contributed by atoms with Crippen LogP contribution >= 0.6 is 0 Å². The van der Waals surface area contributed by atoms with E-state index in [-0.39, 0.29) is 5.52 Å². The Labute approximate surface area is 121 Å². The van der Waals surface area contributed by atoms with Crippen LogP contribution in [0.5, 0.6) is 5.75 Å². The van der Waals surface area contributed by atoms with E-state index >= 15 is 0 Å². The fourth-order valence-corrected chi connectivity index (χ4v) is 2.05. The van der Waals surface area contributed by atoms with E-state index in [4.69, 9.17) is 4.74 Å². The van der Waals surface area contributed by atoms with E-state index in [2.05, 4.69) is 10.3 Å². The zero-order valence-corrected chi connectivity index (χ0v) is 11.9. The summed E-state index contributed by atoms with van der Waals surface area (Å²) in [7, 11) is 0. The van der Waals surface area contributed by atoms with Crippen LogP contribution < -0.4 is 10.1 Å². The molecule has 0 aliphatic carbocycles. The van der Waals surface area contributed by atoms with Crippen LogP contribution in [0.4, 0.5) is 18.9 Å². The SMILES string of the molecule is CCCNc1cc(C(F)(F)F)nc2c(OCC)cccc12. The molecule has 0 unspecified atom stereocenters. The van der Waals surface area contributed by atoms with Gasteiger partial charge in [0.25, 0.3) is 0 Å². The number of para-hydroxylation sites is 1. The molecule has 0 radical (unpaired) electrons. The molecular formula is C15H17F3N2O. The van der Waals surface area contributed by atoms with Gasteiger partial charge in [0, 0.05) is 17.6 Å². The van der Waals surface area contributed by atoms with Crippen molar-refractivity contribution in [3.8, 4) is 5.75 Å². The standard InChI is InChI=1S/C15H17F3N2O/c1-3-8-19-11-9-13(15(16,17)18)20-14-10(11)6-5-7-12(14)21-4-2/h5-7,9H,3-4,8H2,1-2H3,(H,19,20). The Morgan fingerprint density at radius 1 is 1.24 bits per heavy atom. The van der Waals surface area contributed by atoms with Gasteiger partial charge >= 0.3 is 6.18 Å². The number of aromatic nitrogens is 1. The summed E-state index contributed by atoms with van der Waals surface area (Å²) in [5, 5.41) is 3.65. The first-order chi connectivity index (χ1) is 9.97. The number of fused-ring (bicyclic) bond motifs is 1. The molecule has 1 aromatic heterocycles. The van der Waals surface area contributed by atoms with Crippen LogP contribution in [-0.4, -0.2) is 18.1 Å². The third kappa shape index (κ3) is 3.37. The number of halogens is 3. The predicted octanol–water partition coefficient (Wildman–Crippen LogP) is 4.47. The largest absolute Gasteiger partial charge is 0.492 e. The summed E-state index contributed by atoms with van der Waals surface area (Å²) in [6, 6.07) is 6.17. The summed E-state index contributed by atoms with van der Waals surface area (Å²) in [4.78, 5) is 3.74. The highest BCUT2D eigenvalue weighted by Crippen LogP contribution is 2.36. The Bertz CT molecular complexity index is 626. The topological polar surface area (TPSA) is 34.2 Å². The zero-order chi connectivity index (χ0) is 15.5. The van der Waals surface area contributed by atoms with E-state index in [1.165, 1.54) is 0 Å². The van der Waals surface area contributed by atoms with Crippen LogP contribution in [-0.2, 0) is 6.18 Å². The number of ether oxygens (including phenoxy) is 1. The van der Waals surface area contributed by atoms with Gasteiger partial charge in [0.05, 0.1) is 6.61 Å². The Morgan fingerprint density at radius 2 is 2.00 bits per heavy atom. The lowest BCUT2D eigenvalue weighted by molar-refractivity contribution is -0.140. The molecule has 0 atom stereocenters. The predicted molar refractivity (Wildman–Crippen MR) is 76.7 cm³/mol. The second-order valence-corrected chi connectivity index (χ2v) is 4.56. The summed E-state index contributed by atoms with van der Waals surface area (Å²) >= 11 is 0. The van der Waals surface area contributed by atoms with E-state index in [1.54, 1.807) is 25.1 Å². The van der Waals surface area contributed by atoms with Gasteiger partial charge in [-0.25, -0.2) is 4.98 Å². The molecule has 2 aromatic rings. The number of benzene rings is 1. The van der Waals surface area contributed by atoms with Crippen LogP contribution in [0, 0.1) is 0 Å². The molecule has 0 bridgehead atoms. The molecule has 0 aliphatic heterocycles. The minimum Gasteiger partial charge on any atom is -0.492 e. The first-order valence-electron chi connectivity index (χ1n) is 6.85. The van der Waals surface area contributed by atoms with E-state index in [0.717, 1.165) is 12.5 Å². The lowest BCUT2D eigenvalue weighted by Gasteiger charge is -2.15. The third-order valence-electron chi connectivity index (χ3n) is 2.96. The molecule has 0 spiro atoms. The van der Waals surface area contributed by atoms with Crippen LogP contribution in [0.25, 0.3) is 10.9 Å². The fraction of sp³-hybridized carbons (Fsp3) is 0.400. The molecule has 1 N–H and O–H groups in total. The van der Waals surface area contributed by atoms with Crippen LogP contribution in [0.3, 0.4) is 0 Å². The number of alkyl halides is 3. The van der Waals surface area contributed by atoms with Gasteiger partial charge in [0.15, 0.2) is 0 Å². The Balaban J connectivity index is 2.65. The van der Waals surface area contributed by atoms with Crippen molar-refractivity contribution in [3.05, 3.63) is 30.0 Å². The summed E-state index contributed by atoms with van der Waals surface area (Å²) in [5.74, 6) is 0.362. The monoisotopic (exact) mass is 298 g/mol. The number of nitrogens with zero attached hydrogens (tertiary/aromatic N) is 1. The van der Waals surface area contributed by atoms with Crippen molar-refractivity contribution in [2.45, 2.75) is 26.4 Å². The first kappa shape index (κ1) is 15.4. The van der Waals surface area contributed by atoms with Gasteiger partial charge < -0.3 is 10.1 Å². The van der Waals surface area contributed by atoms with Crippen molar-refractivity contribution in [2.75, 3.05) is 18.5 Å². The van der Waals surface area contributed by atoms with Gasteiger partial charge in [-0.1, -0.05) is 19.1 Å². The number of hydrogen-bond acceptors (Lipinski definition) is 3. The molecule has 3 nitrogen and oxygen atoms in total. The van der Waals surface area contributed by atoms with Gasteiger partial charge in [0.1, 0.15) is 17.0 Å². The average Bonchev–Trinajstić information content (AvgIpc) is 2.44. The molecule has 2 rings (SSSR count). The Morgan fingerprint density at radius 3 is 2.62 bits per heavy atom. The number of rotatable bonds is 5. The van der Waals surface area contributed by atoms with Crippen molar-refractivity contribution in [2.24, 2.45) is 0 Å². The minimum absolute atomic E-state index is 0.229. The Kier molecular flexibility index (Phi) is 4.55. The van der Waals surface area contributed by atoms with Crippen molar-refractivity contribution in [3.63, 3.8) is 0 Å². The molecule has 6 heteroatoms. The zero-order valence-electron chi connectivity index (χ0n) is 11.9. The fourth-order valence-electron chi connectivity index (χ4n) is 2.05. The molecule has 114 valence electrons. The van der Waals surface area contributed by atoms with Crippen LogP contribution in [0.2, 0.25) is 0 Å². The quantitative estimate of drug-likeness (QED) is 0.884. The van der Waals surface area contributed by atoms with Crippen LogP contribution in [0.1, 0.15) is 26.0 Å². The van der Waals surface area contributed by atoms with Crippen molar-refractivity contribution < 1.29 is 17.9 Å². The third-order valence-corrected chi connectivity index (χ3v) is 2.96. The van der Waals surface area contributed by atoms with Gasteiger partial charge in [-0.05, 0) is 25.5 Å². The van der Waals surface area contributed by atoms with Crippen molar-refractivity contribution >= 4 is 16.6 Å². The van der Waals surface area contributed by atoms with Crippen molar-refractivity contribution in [1.82, 2.24) is 4.98 Å².